The van der Waals surface area contributed by atoms with Gasteiger partial charge in [-0.3, -0.25) is 0 Å². The maximum Gasteiger partial charge on any atom is 0.0119 e. The molecule has 1 heteroatoms. The van der Waals surface area contributed by atoms with Crippen LogP contribution in [0.1, 0.15) is 5.56 Å². The van der Waals surface area contributed by atoms with Crippen LogP contribution in [0.2, 0.25) is 0 Å². The quantitative estimate of drug-likeness (QED) is 0.459. The number of thiol groups is 1. The van der Waals surface area contributed by atoms with E-state index in [4.69, 9.17) is 0 Å². The van der Waals surface area contributed by atoms with Gasteiger partial charge in [-0.25, -0.2) is 0 Å². The fraction of sp³-hybridized carbons (Fsp3) is 0. The molecule has 0 aliphatic rings. The molecule has 0 saturated heterocycles. The number of hydrogen-bond donors (Lipinski definition) is 1. The predicted octanol–water partition coefficient (Wildman–Crippen LogP) is 2.77. The first kappa shape index (κ1) is 7.20. The molecule has 0 amide bonds. The first-order valence-corrected chi connectivity index (χ1v) is 3.43. The molecule has 0 atom stereocenters. The maximum atomic E-state index is 4.23. The van der Waals surface area contributed by atoms with Crippen LogP contribution in [-0.2, 0) is 0 Å². The highest BCUT2D eigenvalue weighted by atomic mass is 32.1. The normalized spacial score (nSPS) is 8.50. The average molecular weight is 148 g/mol. The lowest BCUT2D eigenvalue weighted by Crippen LogP contribution is -1.71. The van der Waals surface area contributed by atoms with Crippen molar-refractivity contribution in [2.75, 3.05) is 0 Å². The van der Waals surface area contributed by atoms with E-state index in [-0.39, 0.29) is 0 Å². The molecular formula is C9H8S. The van der Waals surface area contributed by atoms with Gasteiger partial charge in [0.2, 0.25) is 0 Å². The van der Waals surface area contributed by atoms with Gasteiger partial charge in [-0.1, -0.05) is 24.8 Å². The second kappa shape index (κ2) is 3.31. The molecule has 10 heavy (non-hydrogen) atoms. The molecule has 0 nitrogen and oxygen atoms in total. The van der Waals surface area contributed by atoms with Gasteiger partial charge >= 0.3 is 0 Å². The Bertz CT molecular complexity index is 270. The van der Waals surface area contributed by atoms with Crippen LogP contribution < -0.4 is 0 Å². The minimum Gasteiger partial charge on any atom is -0.143 e. The number of rotatable bonds is 1. The van der Waals surface area contributed by atoms with Crippen LogP contribution in [0.15, 0.2) is 41.5 Å². The summed E-state index contributed by atoms with van der Waals surface area (Å²) >= 11 is 4.23. The second-order valence-corrected chi connectivity index (χ2v) is 2.39. The van der Waals surface area contributed by atoms with Gasteiger partial charge in [0.05, 0.1) is 0 Å². The highest BCUT2D eigenvalue weighted by molar-refractivity contribution is 7.80. The summed E-state index contributed by atoms with van der Waals surface area (Å²) in [6.45, 7) is 3.48. The molecule has 0 heterocycles. The molecule has 50 valence electrons. The van der Waals surface area contributed by atoms with Crippen molar-refractivity contribution in [2.45, 2.75) is 4.90 Å². The van der Waals surface area contributed by atoms with Crippen molar-refractivity contribution in [3.8, 4) is 0 Å². The first-order valence-electron chi connectivity index (χ1n) is 2.98. The monoisotopic (exact) mass is 148 g/mol. The van der Waals surface area contributed by atoms with Crippen LogP contribution in [0, 0.1) is 0 Å². The Balaban J connectivity index is 3.14. The van der Waals surface area contributed by atoms with Crippen molar-refractivity contribution in [2.24, 2.45) is 0 Å². The molecular weight excluding hydrogens is 140 g/mol. The molecule has 0 aromatic heterocycles. The number of benzene rings is 1. The Morgan fingerprint density at radius 3 is 2.70 bits per heavy atom. The van der Waals surface area contributed by atoms with Gasteiger partial charge in [0.25, 0.3) is 0 Å². The maximum absolute atomic E-state index is 4.23. The van der Waals surface area contributed by atoms with Crippen molar-refractivity contribution in [1.82, 2.24) is 0 Å². The Morgan fingerprint density at radius 1 is 1.40 bits per heavy atom. The van der Waals surface area contributed by atoms with Crippen molar-refractivity contribution in [3.05, 3.63) is 42.1 Å². The number of hydrogen-bond acceptors (Lipinski definition) is 1. The summed E-state index contributed by atoms with van der Waals surface area (Å²) < 4.78 is 0. The minimum atomic E-state index is 0.957. The summed E-state index contributed by atoms with van der Waals surface area (Å²) in [6, 6.07) is 7.82. The van der Waals surface area contributed by atoms with Gasteiger partial charge in [-0.15, -0.1) is 18.4 Å². The summed E-state index contributed by atoms with van der Waals surface area (Å²) in [7, 11) is 0. The zero-order valence-corrected chi connectivity index (χ0v) is 6.44. The predicted molar refractivity (Wildman–Crippen MR) is 47.3 cm³/mol. The molecule has 0 saturated carbocycles. The van der Waals surface area contributed by atoms with Crippen molar-refractivity contribution < 1.29 is 0 Å². The minimum absolute atomic E-state index is 0.957. The van der Waals surface area contributed by atoms with E-state index in [1.54, 1.807) is 0 Å². The summed E-state index contributed by atoms with van der Waals surface area (Å²) in [5, 5.41) is 0. The zero-order valence-electron chi connectivity index (χ0n) is 5.54. The van der Waals surface area contributed by atoms with Gasteiger partial charge in [0.15, 0.2) is 0 Å². The Morgan fingerprint density at radius 2 is 2.10 bits per heavy atom. The van der Waals surface area contributed by atoms with Crippen LogP contribution >= 0.6 is 12.6 Å². The van der Waals surface area contributed by atoms with E-state index in [0.29, 0.717) is 0 Å². The summed E-state index contributed by atoms with van der Waals surface area (Å²) in [4.78, 5) is 0.957. The van der Waals surface area contributed by atoms with Crippen LogP contribution in [0.4, 0.5) is 0 Å². The molecule has 0 spiro atoms. The van der Waals surface area contributed by atoms with Crippen LogP contribution in [-0.4, -0.2) is 0 Å². The molecule has 1 aromatic carbocycles. The molecule has 0 aliphatic carbocycles. The molecule has 1 rings (SSSR count). The molecule has 0 aliphatic heterocycles. The molecule has 0 N–H and O–H groups in total. The lowest BCUT2D eigenvalue weighted by atomic mass is 10.2. The lowest BCUT2D eigenvalue weighted by molar-refractivity contribution is 1.44. The van der Waals surface area contributed by atoms with E-state index in [0.717, 1.165) is 10.5 Å². The highest BCUT2D eigenvalue weighted by Crippen LogP contribution is 2.13. The fourth-order valence-electron chi connectivity index (χ4n) is 0.720. The van der Waals surface area contributed by atoms with Crippen molar-refractivity contribution in [1.29, 1.82) is 0 Å². The van der Waals surface area contributed by atoms with E-state index < -0.39 is 0 Å². The third-order valence-corrected chi connectivity index (χ3v) is 1.60. The largest absolute Gasteiger partial charge is 0.143 e. The fourth-order valence-corrected chi connectivity index (χ4v) is 0.945. The van der Waals surface area contributed by atoms with Gasteiger partial charge in [-0.2, -0.15) is 0 Å². The summed E-state index contributed by atoms with van der Waals surface area (Å²) in [5.41, 5.74) is 3.76. The zero-order chi connectivity index (χ0) is 7.40. The third-order valence-electron chi connectivity index (χ3n) is 1.19. The van der Waals surface area contributed by atoms with E-state index in [1.807, 2.05) is 30.3 Å². The molecule has 1 aromatic rings. The first-order chi connectivity index (χ1) is 4.84. The van der Waals surface area contributed by atoms with Crippen LogP contribution in [0.3, 0.4) is 0 Å². The van der Waals surface area contributed by atoms with E-state index in [9.17, 15) is 0 Å². The third kappa shape index (κ3) is 1.53. The topological polar surface area (TPSA) is 0 Å². The van der Waals surface area contributed by atoms with Crippen molar-refractivity contribution >= 4 is 18.7 Å². The van der Waals surface area contributed by atoms with E-state index in [2.05, 4.69) is 24.9 Å². The van der Waals surface area contributed by atoms with E-state index >= 15 is 0 Å². The molecule has 0 unspecified atom stereocenters. The second-order valence-electron chi connectivity index (χ2n) is 1.91. The summed E-state index contributed by atoms with van der Waals surface area (Å²) in [5.74, 6) is 0. The SMILES string of the molecule is C=C=Cc1ccccc1S. The molecule has 0 bridgehead atoms. The highest BCUT2D eigenvalue weighted by Gasteiger charge is 1.88. The Kier molecular flexibility index (Phi) is 2.38. The molecule has 0 radical (unpaired) electrons. The molecule has 0 fully saturated rings. The van der Waals surface area contributed by atoms with Gasteiger partial charge in [0, 0.05) is 4.90 Å². The van der Waals surface area contributed by atoms with Gasteiger partial charge in [0.1, 0.15) is 0 Å². The Labute approximate surface area is 66.3 Å². The van der Waals surface area contributed by atoms with Crippen LogP contribution in [0.5, 0.6) is 0 Å². The summed E-state index contributed by atoms with van der Waals surface area (Å²) in [6.07, 6.45) is 1.81. The van der Waals surface area contributed by atoms with Crippen molar-refractivity contribution in [3.63, 3.8) is 0 Å². The standard InChI is InChI=1S/C9H8S/c1-2-5-8-6-3-4-7-9(8)10/h3-7,10H,1H2. The smallest absolute Gasteiger partial charge is 0.0119 e. The van der Waals surface area contributed by atoms with Crippen LogP contribution in [0.25, 0.3) is 6.08 Å². The lowest BCUT2D eigenvalue weighted by Gasteiger charge is -1.93. The van der Waals surface area contributed by atoms with E-state index in [1.165, 1.54) is 0 Å². The Hall–Kier alpha value is -0.910. The van der Waals surface area contributed by atoms with Gasteiger partial charge < -0.3 is 0 Å². The average Bonchev–Trinajstić information content (AvgIpc) is 1.94. The van der Waals surface area contributed by atoms with Gasteiger partial charge in [-0.05, 0) is 17.7 Å².